The zero-order valence-electron chi connectivity index (χ0n) is 14.8. The first-order valence-corrected chi connectivity index (χ1v) is 10.1. The normalized spacial score (nSPS) is 21.2. The molecule has 0 bridgehead atoms. The average molecular weight is 380 g/mol. The Labute approximate surface area is 156 Å². The van der Waals surface area contributed by atoms with Crippen molar-refractivity contribution in [1.82, 2.24) is 19.6 Å². The van der Waals surface area contributed by atoms with Crippen LogP contribution in [0.5, 0.6) is 0 Å². The molecule has 1 atom stereocenters. The summed E-state index contributed by atoms with van der Waals surface area (Å²) in [5.74, 6) is 0.360. The van der Waals surface area contributed by atoms with Gasteiger partial charge in [0.05, 0.1) is 23.7 Å². The van der Waals surface area contributed by atoms with Crippen molar-refractivity contribution >= 4 is 29.5 Å². The fourth-order valence-electron chi connectivity index (χ4n) is 3.46. The van der Waals surface area contributed by atoms with Crippen LogP contribution in [0.1, 0.15) is 49.0 Å². The van der Waals surface area contributed by atoms with Crippen LogP contribution in [0.25, 0.3) is 0 Å². The van der Waals surface area contributed by atoms with E-state index < -0.39 is 5.97 Å². The zero-order valence-corrected chi connectivity index (χ0v) is 15.7. The van der Waals surface area contributed by atoms with E-state index in [9.17, 15) is 14.4 Å². The number of thioether (sulfide) groups is 1. The SMILES string of the molecule is CCCC(=O)N1CSCC1C(=O)N1CCC(n2cc(C(=O)O)cn2)CC1. The molecule has 0 spiro atoms. The third-order valence-corrected chi connectivity index (χ3v) is 5.96. The van der Waals surface area contributed by atoms with Crippen molar-refractivity contribution in [2.24, 2.45) is 0 Å². The van der Waals surface area contributed by atoms with Gasteiger partial charge in [-0.2, -0.15) is 5.10 Å². The Morgan fingerprint density at radius 3 is 2.65 bits per heavy atom. The van der Waals surface area contributed by atoms with Gasteiger partial charge < -0.3 is 14.9 Å². The summed E-state index contributed by atoms with van der Waals surface area (Å²) in [6, 6.07) is -0.248. The largest absolute Gasteiger partial charge is 0.478 e. The Balaban J connectivity index is 1.57. The first-order valence-electron chi connectivity index (χ1n) is 8.94. The van der Waals surface area contributed by atoms with Gasteiger partial charge in [0.25, 0.3) is 0 Å². The number of aromatic carboxylic acids is 1. The number of carbonyl (C=O) groups excluding carboxylic acids is 2. The van der Waals surface area contributed by atoms with Crippen LogP contribution in [-0.4, -0.2) is 73.2 Å². The number of carboxylic acids is 1. The number of likely N-dealkylation sites (tertiary alicyclic amines) is 1. The zero-order chi connectivity index (χ0) is 18.7. The minimum atomic E-state index is -0.987. The van der Waals surface area contributed by atoms with Gasteiger partial charge in [-0.3, -0.25) is 14.3 Å². The van der Waals surface area contributed by atoms with E-state index in [0.29, 0.717) is 31.1 Å². The molecule has 9 heteroatoms. The number of rotatable bonds is 5. The second-order valence-corrected chi connectivity index (χ2v) is 7.70. The maximum absolute atomic E-state index is 12.9. The molecule has 1 aromatic heterocycles. The van der Waals surface area contributed by atoms with Crippen LogP contribution in [0, 0.1) is 0 Å². The lowest BCUT2D eigenvalue weighted by atomic mass is 10.0. The van der Waals surface area contributed by atoms with Gasteiger partial charge in [0.2, 0.25) is 11.8 Å². The quantitative estimate of drug-likeness (QED) is 0.831. The molecule has 2 saturated heterocycles. The van der Waals surface area contributed by atoms with Crippen molar-refractivity contribution in [2.45, 2.75) is 44.7 Å². The maximum Gasteiger partial charge on any atom is 0.338 e. The number of amides is 2. The van der Waals surface area contributed by atoms with Crippen molar-refractivity contribution < 1.29 is 19.5 Å². The molecule has 8 nitrogen and oxygen atoms in total. The third kappa shape index (κ3) is 3.87. The van der Waals surface area contributed by atoms with Crippen LogP contribution in [0.4, 0.5) is 0 Å². The Kier molecular flexibility index (Phi) is 5.85. The van der Waals surface area contributed by atoms with Gasteiger partial charge in [-0.15, -0.1) is 11.8 Å². The number of nitrogens with zero attached hydrogens (tertiary/aromatic N) is 4. The number of hydrogen-bond acceptors (Lipinski definition) is 5. The summed E-state index contributed by atoms with van der Waals surface area (Å²) in [5, 5.41) is 13.1. The second kappa shape index (κ2) is 8.11. The molecule has 2 amide bonds. The van der Waals surface area contributed by atoms with Crippen molar-refractivity contribution in [1.29, 1.82) is 0 Å². The Morgan fingerprint density at radius 1 is 1.31 bits per heavy atom. The summed E-state index contributed by atoms with van der Waals surface area (Å²) in [6.45, 7) is 3.17. The summed E-state index contributed by atoms with van der Waals surface area (Å²) in [6.07, 6.45) is 5.63. The summed E-state index contributed by atoms with van der Waals surface area (Å²) in [4.78, 5) is 39.6. The number of carboxylic acid groups (broad SMARTS) is 1. The van der Waals surface area contributed by atoms with Gasteiger partial charge in [0, 0.05) is 31.5 Å². The monoisotopic (exact) mass is 380 g/mol. The molecule has 0 saturated carbocycles. The molecule has 3 rings (SSSR count). The van der Waals surface area contributed by atoms with Gasteiger partial charge in [-0.1, -0.05) is 6.92 Å². The highest BCUT2D eigenvalue weighted by atomic mass is 32.2. The van der Waals surface area contributed by atoms with Crippen LogP contribution in [-0.2, 0) is 9.59 Å². The van der Waals surface area contributed by atoms with Crippen LogP contribution in [0.2, 0.25) is 0 Å². The number of piperidine rings is 1. The highest BCUT2D eigenvalue weighted by Gasteiger charge is 2.37. The Hall–Kier alpha value is -2.03. The lowest BCUT2D eigenvalue weighted by molar-refractivity contribution is -0.144. The summed E-state index contributed by atoms with van der Waals surface area (Å²) in [7, 11) is 0. The minimum absolute atomic E-state index is 0.0320. The topological polar surface area (TPSA) is 95.7 Å². The van der Waals surface area contributed by atoms with Gasteiger partial charge in [-0.05, 0) is 19.3 Å². The number of carbonyl (C=O) groups is 3. The van der Waals surface area contributed by atoms with Gasteiger partial charge in [0.15, 0.2) is 0 Å². The van der Waals surface area contributed by atoms with Crippen molar-refractivity contribution in [3.05, 3.63) is 18.0 Å². The minimum Gasteiger partial charge on any atom is -0.478 e. The molecule has 1 aromatic rings. The number of aromatic nitrogens is 2. The van der Waals surface area contributed by atoms with E-state index in [-0.39, 0.29) is 29.5 Å². The summed E-state index contributed by atoms with van der Waals surface area (Å²) < 4.78 is 1.69. The molecule has 0 aliphatic carbocycles. The highest BCUT2D eigenvalue weighted by molar-refractivity contribution is 7.99. The van der Waals surface area contributed by atoms with Crippen molar-refractivity contribution in [3.63, 3.8) is 0 Å². The predicted octanol–water partition coefficient (Wildman–Crippen LogP) is 1.45. The molecular formula is C17H24N4O4S. The van der Waals surface area contributed by atoms with E-state index in [1.165, 1.54) is 6.20 Å². The Morgan fingerprint density at radius 2 is 2.04 bits per heavy atom. The molecule has 3 heterocycles. The molecule has 2 fully saturated rings. The van der Waals surface area contributed by atoms with Crippen molar-refractivity contribution in [2.75, 3.05) is 24.7 Å². The lowest BCUT2D eigenvalue weighted by Gasteiger charge is -2.35. The fourth-order valence-corrected chi connectivity index (χ4v) is 4.63. The van der Waals surface area contributed by atoms with Crippen LogP contribution in [0.3, 0.4) is 0 Å². The van der Waals surface area contributed by atoms with E-state index in [1.54, 1.807) is 27.5 Å². The summed E-state index contributed by atoms with van der Waals surface area (Å²) >= 11 is 1.63. The Bertz CT molecular complexity index is 684. The molecular weight excluding hydrogens is 356 g/mol. The molecule has 2 aliphatic rings. The fraction of sp³-hybridized carbons (Fsp3) is 0.647. The molecule has 142 valence electrons. The molecule has 1 N–H and O–H groups in total. The predicted molar refractivity (Wildman–Crippen MR) is 96.9 cm³/mol. The lowest BCUT2D eigenvalue weighted by Crippen LogP contribution is -2.51. The molecule has 1 unspecified atom stereocenters. The van der Waals surface area contributed by atoms with Crippen LogP contribution in [0.15, 0.2) is 12.4 Å². The average Bonchev–Trinajstić information content (AvgIpc) is 3.31. The van der Waals surface area contributed by atoms with Crippen molar-refractivity contribution in [3.8, 4) is 0 Å². The van der Waals surface area contributed by atoms with E-state index in [0.717, 1.165) is 19.3 Å². The van der Waals surface area contributed by atoms with Gasteiger partial charge in [0.1, 0.15) is 6.04 Å². The second-order valence-electron chi connectivity index (χ2n) is 6.70. The smallest absolute Gasteiger partial charge is 0.338 e. The first kappa shape index (κ1) is 18.8. The van der Waals surface area contributed by atoms with Crippen LogP contribution < -0.4 is 0 Å². The first-order chi connectivity index (χ1) is 12.5. The third-order valence-electron chi connectivity index (χ3n) is 4.95. The molecule has 0 aromatic carbocycles. The van der Waals surface area contributed by atoms with E-state index in [2.05, 4.69) is 5.10 Å². The van der Waals surface area contributed by atoms with E-state index >= 15 is 0 Å². The summed E-state index contributed by atoms with van der Waals surface area (Å²) in [5.41, 5.74) is 0.177. The molecule has 0 radical (unpaired) electrons. The van der Waals surface area contributed by atoms with Gasteiger partial charge >= 0.3 is 5.97 Å². The van der Waals surface area contributed by atoms with Gasteiger partial charge in [-0.25, -0.2) is 4.79 Å². The maximum atomic E-state index is 12.9. The molecule has 2 aliphatic heterocycles. The highest BCUT2D eigenvalue weighted by Crippen LogP contribution is 2.27. The van der Waals surface area contributed by atoms with E-state index in [1.807, 2.05) is 11.8 Å². The standard InChI is InChI=1S/C17H24N4O4S/c1-2-3-15(22)20-11-26-10-14(20)16(23)19-6-4-13(5-7-19)21-9-12(8-18-21)17(24)25/h8-9,13-14H,2-7,10-11H2,1H3,(H,24,25). The van der Waals surface area contributed by atoms with E-state index in [4.69, 9.17) is 5.11 Å². The molecule has 26 heavy (non-hydrogen) atoms. The number of hydrogen-bond donors (Lipinski definition) is 1. The van der Waals surface area contributed by atoms with Crippen LogP contribution >= 0.6 is 11.8 Å².